The Morgan fingerprint density at radius 1 is 0.623 bits per heavy atom. The van der Waals surface area contributed by atoms with Crippen molar-refractivity contribution >= 4 is 35.8 Å². The van der Waals surface area contributed by atoms with E-state index < -0.39 is 76.1 Å². The predicted molar refractivity (Wildman–Crippen MR) is 215 cm³/mol. The summed E-state index contributed by atoms with van der Waals surface area (Å²) in [5.41, 5.74) is -5.22. The van der Waals surface area contributed by atoms with Crippen LogP contribution in [0.1, 0.15) is 106 Å². The fourth-order valence-corrected chi connectivity index (χ4v) is 14.7. The lowest BCUT2D eigenvalue weighted by Gasteiger charge is -2.59. The van der Waals surface area contributed by atoms with Crippen LogP contribution < -0.4 is 0 Å². The number of aliphatic hydroxyl groups excluding tert-OH is 2. The Kier molecular flexibility index (Phi) is 10.8. The minimum atomic E-state index is -1.91. The van der Waals surface area contributed by atoms with E-state index in [1.54, 1.807) is 38.2 Å². The van der Waals surface area contributed by atoms with Crippen LogP contribution >= 0.6 is 0 Å². The van der Waals surface area contributed by atoms with Gasteiger partial charge in [-0.05, 0) is 126 Å². The third-order valence-corrected chi connectivity index (χ3v) is 17.3. The van der Waals surface area contributed by atoms with Crippen molar-refractivity contribution in [1.82, 2.24) is 0 Å². The van der Waals surface area contributed by atoms with Crippen molar-refractivity contribution in [2.24, 2.45) is 57.2 Å². The highest BCUT2D eigenvalue weighted by Gasteiger charge is 2.73. The van der Waals surface area contributed by atoms with E-state index in [1.165, 1.54) is 0 Å². The van der Waals surface area contributed by atoms with Gasteiger partial charge >= 0.3 is 24.2 Å². The summed E-state index contributed by atoms with van der Waals surface area (Å²) >= 11 is 0. The first-order valence-corrected chi connectivity index (χ1v) is 22.1. The summed E-state index contributed by atoms with van der Waals surface area (Å²) in [6.07, 6.45) is 10.1. The Balaban J connectivity index is 1.04. The van der Waals surface area contributed by atoms with Gasteiger partial charge in [-0.2, -0.15) is 0 Å². The summed E-state index contributed by atoms with van der Waals surface area (Å²) in [5.74, 6) is -3.11. The molecule has 0 aliphatic heterocycles. The first-order valence-electron chi connectivity index (χ1n) is 22.1. The third kappa shape index (κ3) is 6.30. The summed E-state index contributed by atoms with van der Waals surface area (Å²) in [7, 11) is 0. The lowest BCUT2D eigenvalue weighted by molar-refractivity contribution is -0.219. The molecule has 8 aliphatic carbocycles. The molecule has 8 aliphatic rings. The number of hydrogen-bond acceptors (Lipinski definition) is 14. The average Bonchev–Trinajstić information content (AvgIpc) is 3.65. The molecule has 0 aromatic rings. The number of fused-ring (bicyclic) bond motifs is 10. The van der Waals surface area contributed by atoms with Gasteiger partial charge in [0, 0.05) is 33.5 Å². The molecule has 14 nitrogen and oxygen atoms in total. The van der Waals surface area contributed by atoms with E-state index in [4.69, 9.17) is 28.4 Å². The van der Waals surface area contributed by atoms with Crippen LogP contribution in [0.4, 0.5) is 9.59 Å². The molecule has 0 unspecified atom stereocenters. The second kappa shape index (κ2) is 15.2. The van der Waals surface area contributed by atoms with Gasteiger partial charge in [0.2, 0.25) is 18.0 Å². The van der Waals surface area contributed by atoms with Crippen LogP contribution in [0.15, 0.2) is 47.6 Å². The van der Waals surface area contributed by atoms with Crippen molar-refractivity contribution in [2.75, 3.05) is 20.0 Å². The van der Waals surface area contributed by atoms with E-state index in [9.17, 15) is 39.0 Å². The summed E-state index contributed by atoms with van der Waals surface area (Å²) in [6.45, 7) is 10.0. The predicted octanol–water partition coefficient (Wildman–Crippen LogP) is 6.41. The zero-order chi connectivity index (χ0) is 43.9. The van der Waals surface area contributed by atoms with E-state index in [-0.39, 0.29) is 86.0 Å². The molecule has 61 heavy (non-hydrogen) atoms. The second-order valence-electron chi connectivity index (χ2n) is 19.7. The molecule has 0 amide bonds. The highest BCUT2D eigenvalue weighted by molar-refractivity contribution is 6.01. The van der Waals surface area contributed by atoms with E-state index in [0.717, 1.165) is 11.1 Å². The van der Waals surface area contributed by atoms with Crippen molar-refractivity contribution in [3.63, 3.8) is 0 Å². The van der Waals surface area contributed by atoms with E-state index in [2.05, 4.69) is 0 Å². The number of rotatable bonds is 8. The lowest BCUT2D eigenvalue weighted by Crippen LogP contribution is -2.63. The summed E-state index contributed by atoms with van der Waals surface area (Å²) in [4.78, 5) is 80.2. The molecule has 0 saturated heterocycles. The standard InChI is InChI=1S/C47H60O14/c1-7-56-40(54)60-46(19-15-32-30-11-9-26-21-28(48)13-17-42(26,3)36(30)34(50)23-44(32,46)5)38(52)58-25-59-39(53)47(61-41(55)57-8-2)20-16-33-31-12-10-27-22-29(49)14-18-43(27,4)37(31)35(51)24-45(33,47)6/h13-14,17-18,21-22,30-37,50-51H,7-12,15-16,19-20,23-25H2,1-6H3/t30-,31-,32-,33-,34-,35-,36+,37+,42-,43-,44-,45-,46-,47-/m0/s1. The van der Waals surface area contributed by atoms with Crippen LogP contribution in [0.2, 0.25) is 0 Å². The number of ether oxygens (including phenoxy) is 6. The van der Waals surface area contributed by atoms with Gasteiger partial charge in [-0.25, -0.2) is 19.2 Å². The maximum Gasteiger partial charge on any atom is 0.509 e. The normalized spacial score (nSPS) is 44.1. The molecular weight excluding hydrogens is 789 g/mol. The lowest BCUT2D eigenvalue weighted by atomic mass is 9.46. The molecule has 14 atom stereocenters. The van der Waals surface area contributed by atoms with Crippen molar-refractivity contribution in [1.29, 1.82) is 0 Å². The van der Waals surface area contributed by atoms with Gasteiger partial charge in [0.25, 0.3) is 0 Å². The van der Waals surface area contributed by atoms with Gasteiger partial charge in [0.1, 0.15) is 0 Å². The van der Waals surface area contributed by atoms with Crippen LogP contribution in [-0.2, 0) is 47.6 Å². The number of aliphatic hydroxyl groups is 2. The van der Waals surface area contributed by atoms with Crippen molar-refractivity contribution in [3.8, 4) is 0 Å². The molecule has 6 fully saturated rings. The summed E-state index contributed by atoms with van der Waals surface area (Å²) < 4.78 is 34.0. The highest BCUT2D eigenvalue weighted by atomic mass is 16.8. The minimum Gasteiger partial charge on any atom is -0.435 e. The molecule has 0 bridgehead atoms. The van der Waals surface area contributed by atoms with Crippen molar-refractivity contribution in [2.45, 2.75) is 129 Å². The van der Waals surface area contributed by atoms with Gasteiger partial charge in [0.05, 0.1) is 25.4 Å². The molecule has 0 aromatic carbocycles. The number of allylic oxidation sites excluding steroid dienone is 8. The molecule has 6 saturated carbocycles. The molecule has 0 heterocycles. The molecular formula is C47H60O14. The molecule has 14 heteroatoms. The smallest absolute Gasteiger partial charge is 0.435 e. The third-order valence-electron chi connectivity index (χ3n) is 17.3. The average molecular weight is 849 g/mol. The zero-order valence-electron chi connectivity index (χ0n) is 36.1. The summed E-state index contributed by atoms with van der Waals surface area (Å²) in [6, 6.07) is 0. The van der Waals surface area contributed by atoms with Crippen LogP contribution in [0.3, 0.4) is 0 Å². The van der Waals surface area contributed by atoms with Crippen molar-refractivity contribution in [3.05, 3.63) is 47.6 Å². The van der Waals surface area contributed by atoms with E-state index in [0.29, 0.717) is 38.5 Å². The van der Waals surface area contributed by atoms with E-state index >= 15 is 0 Å². The fourth-order valence-electron chi connectivity index (χ4n) is 14.7. The number of carbonyl (C=O) groups excluding carboxylic acids is 6. The highest BCUT2D eigenvalue weighted by Crippen LogP contribution is 2.70. The van der Waals surface area contributed by atoms with Gasteiger partial charge in [-0.1, -0.05) is 51.0 Å². The van der Waals surface area contributed by atoms with Crippen molar-refractivity contribution < 1.29 is 67.4 Å². The minimum absolute atomic E-state index is 0.0142. The monoisotopic (exact) mass is 848 g/mol. The Hall–Kier alpha value is -4.30. The number of hydrogen-bond donors (Lipinski definition) is 2. The molecule has 0 radical (unpaired) electrons. The summed E-state index contributed by atoms with van der Waals surface area (Å²) in [5, 5.41) is 24.0. The van der Waals surface area contributed by atoms with Crippen LogP contribution in [0.5, 0.6) is 0 Å². The quantitative estimate of drug-likeness (QED) is 0.154. The molecule has 332 valence electrons. The second-order valence-corrected chi connectivity index (χ2v) is 19.7. The number of ketones is 2. The van der Waals surface area contributed by atoms with Gasteiger partial charge < -0.3 is 38.6 Å². The molecule has 0 spiro atoms. The Labute approximate surface area is 356 Å². The van der Waals surface area contributed by atoms with Gasteiger partial charge in [-0.15, -0.1) is 0 Å². The maximum atomic E-state index is 14.6. The first-order chi connectivity index (χ1) is 28.8. The Morgan fingerprint density at radius 2 is 1.02 bits per heavy atom. The maximum absolute atomic E-state index is 14.6. The fraction of sp³-hybridized carbons (Fsp3) is 0.702. The SMILES string of the molecule is CCOC(=O)O[C@]1(C(=O)OCOC(=O)[C@@]2(OC(=O)OCC)CC[C@H]3[C@@H]4CCC5=CC(=O)C=C[C@]5(C)[C@H]4[C@@H](O)C[C@@]32C)CC[C@H]2[C@@H]3CCC4=CC(=O)C=C[C@]4(C)[C@H]3[C@@H](O)C[C@@]21C. The van der Waals surface area contributed by atoms with Crippen LogP contribution in [-0.4, -0.2) is 89.4 Å². The molecule has 2 N–H and O–H groups in total. The number of carbonyl (C=O) groups is 6. The van der Waals surface area contributed by atoms with Crippen LogP contribution in [0.25, 0.3) is 0 Å². The topological polar surface area (TPSA) is 198 Å². The first kappa shape index (κ1) is 43.4. The molecule has 0 aromatic heterocycles. The van der Waals surface area contributed by atoms with Gasteiger partial charge in [-0.3, -0.25) is 9.59 Å². The zero-order valence-corrected chi connectivity index (χ0v) is 36.1. The molecule has 8 rings (SSSR count). The Bertz CT molecular complexity index is 1880. The van der Waals surface area contributed by atoms with E-state index in [1.807, 2.05) is 39.8 Å². The van der Waals surface area contributed by atoms with Crippen LogP contribution in [0, 0.1) is 57.2 Å². The Morgan fingerprint density at radius 3 is 1.39 bits per heavy atom. The largest absolute Gasteiger partial charge is 0.509 e. The number of esters is 2. The van der Waals surface area contributed by atoms with Gasteiger partial charge in [0.15, 0.2) is 11.6 Å².